The Morgan fingerprint density at radius 2 is 0.472 bits per heavy atom. The Hall–Kier alpha value is -4.02. The van der Waals surface area contributed by atoms with Gasteiger partial charge in [-0.05, 0) is 103 Å². The van der Waals surface area contributed by atoms with E-state index in [0.29, 0.717) is 38.5 Å². The van der Waals surface area contributed by atoms with Crippen molar-refractivity contribution in [1.82, 2.24) is 0 Å². The number of phosphoric ester groups is 2. The van der Waals surface area contributed by atoms with Gasteiger partial charge in [0.25, 0.3) is 0 Å². The zero-order chi connectivity index (χ0) is 77.4. The maximum Gasteiger partial charge on any atom is 0.472 e. The van der Waals surface area contributed by atoms with Crippen molar-refractivity contribution in [1.29, 1.82) is 0 Å². The van der Waals surface area contributed by atoms with Gasteiger partial charge in [0.15, 0.2) is 12.2 Å². The van der Waals surface area contributed by atoms with Gasteiger partial charge in [-0.25, -0.2) is 9.13 Å². The summed E-state index contributed by atoms with van der Waals surface area (Å²) < 4.78 is 68.7. The second kappa shape index (κ2) is 79.1. The molecule has 0 saturated heterocycles. The fourth-order valence-electron chi connectivity index (χ4n) is 11.6. The van der Waals surface area contributed by atoms with Gasteiger partial charge in [-0.3, -0.25) is 37.3 Å². The minimum atomic E-state index is -4.99. The van der Waals surface area contributed by atoms with Crippen LogP contribution in [0.3, 0.4) is 0 Å². The number of unbranched alkanes of at least 4 members (excludes halogenated alkanes) is 38. The Balaban J connectivity index is 5.44. The summed E-state index contributed by atoms with van der Waals surface area (Å²) in [7, 11) is -9.99. The average molecular weight is 1530 g/mol. The van der Waals surface area contributed by atoms with Crippen molar-refractivity contribution in [2.45, 2.75) is 393 Å². The quantitative estimate of drug-likeness (QED) is 0.0169. The molecule has 0 rings (SSSR count). The number of carbonyl (C=O) groups excluding carboxylic acids is 4. The molecule has 0 saturated carbocycles. The molecular formula is C87H154O17P2. The molecule has 0 aromatic heterocycles. The number of carbonyl (C=O) groups is 4. The van der Waals surface area contributed by atoms with E-state index in [0.717, 1.165) is 96.3 Å². The molecule has 2 unspecified atom stereocenters. The summed E-state index contributed by atoms with van der Waals surface area (Å²) in [4.78, 5) is 73.1. The molecule has 19 heteroatoms. The van der Waals surface area contributed by atoms with E-state index in [4.69, 9.17) is 37.0 Å². The van der Waals surface area contributed by atoms with Crippen LogP contribution in [0.2, 0.25) is 0 Å². The van der Waals surface area contributed by atoms with E-state index < -0.39 is 97.5 Å². The third kappa shape index (κ3) is 78.1. The summed E-state index contributed by atoms with van der Waals surface area (Å²) in [5.74, 6) is -2.28. The Morgan fingerprint density at radius 1 is 0.264 bits per heavy atom. The largest absolute Gasteiger partial charge is 0.472 e. The fourth-order valence-corrected chi connectivity index (χ4v) is 13.1. The third-order valence-electron chi connectivity index (χ3n) is 18.1. The van der Waals surface area contributed by atoms with Crippen LogP contribution in [-0.4, -0.2) is 96.7 Å². The Labute approximate surface area is 646 Å². The van der Waals surface area contributed by atoms with Crippen LogP contribution in [0.4, 0.5) is 0 Å². The summed E-state index contributed by atoms with van der Waals surface area (Å²) >= 11 is 0. The highest BCUT2D eigenvalue weighted by atomic mass is 31.2. The summed E-state index contributed by atoms with van der Waals surface area (Å²) in [6, 6.07) is 0. The van der Waals surface area contributed by atoms with Crippen molar-refractivity contribution < 1.29 is 80.2 Å². The lowest BCUT2D eigenvalue weighted by Gasteiger charge is -2.21. The molecule has 0 amide bonds. The van der Waals surface area contributed by atoms with Crippen molar-refractivity contribution in [2.24, 2.45) is 0 Å². The first-order valence-corrected chi connectivity index (χ1v) is 45.5. The lowest BCUT2D eigenvalue weighted by atomic mass is 10.0. The van der Waals surface area contributed by atoms with Crippen LogP contribution in [0.1, 0.15) is 374 Å². The molecule has 0 bridgehead atoms. The summed E-state index contributed by atoms with van der Waals surface area (Å²) in [5, 5.41) is 10.7. The van der Waals surface area contributed by atoms with E-state index >= 15 is 0 Å². The normalized spacial score (nSPS) is 14.3. The molecule has 614 valence electrons. The summed E-state index contributed by atoms with van der Waals surface area (Å²) in [5.41, 5.74) is 0. The molecule has 0 aliphatic carbocycles. The van der Waals surface area contributed by atoms with Gasteiger partial charge in [-0.2, -0.15) is 0 Å². The monoisotopic (exact) mass is 1530 g/mol. The predicted octanol–water partition coefficient (Wildman–Crippen LogP) is 25.1. The molecule has 106 heavy (non-hydrogen) atoms. The minimum absolute atomic E-state index is 0.0205. The van der Waals surface area contributed by atoms with Crippen LogP contribution in [0.25, 0.3) is 0 Å². The van der Waals surface area contributed by atoms with Crippen LogP contribution < -0.4 is 0 Å². The maximum absolute atomic E-state index is 13.1. The topological polar surface area (TPSA) is 237 Å². The van der Waals surface area contributed by atoms with E-state index in [1.807, 2.05) is 24.3 Å². The summed E-state index contributed by atoms with van der Waals surface area (Å²) in [6.07, 6.45) is 85.3. The molecule has 0 spiro atoms. The van der Waals surface area contributed by atoms with Crippen molar-refractivity contribution in [3.63, 3.8) is 0 Å². The average Bonchev–Trinajstić information content (AvgIpc) is 0.905. The first-order valence-electron chi connectivity index (χ1n) is 42.5. The van der Waals surface area contributed by atoms with E-state index in [1.54, 1.807) is 0 Å². The van der Waals surface area contributed by atoms with Crippen molar-refractivity contribution in [3.05, 3.63) is 97.2 Å². The Kier molecular flexibility index (Phi) is 76.1. The number of allylic oxidation sites excluding steroid dienone is 16. The first kappa shape index (κ1) is 102. The highest BCUT2D eigenvalue weighted by molar-refractivity contribution is 7.47. The molecule has 0 heterocycles. The third-order valence-corrected chi connectivity index (χ3v) is 20.0. The van der Waals surface area contributed by atoms with Crippen LogP contribution >= 0.6 is 15.6 Å². The standard InChI is InChI=1S/C87H154O17P2/c1-5-9-13-17-21-25-29-33-37-40-44-48-52-56-60-64-68-72-85(90)98-78-83(104-87(92)74-70-66-62-58-54-50-46-42-39-35-31-27-23-19-15-11-7-3)80-102-106(95,96)100-76-81(88)75-99-105(93,94)101-79-82(77-97-84(89)71-67-63-59-55-51-47-43-36-32-28-24-20-16-12-8-4)103-86(91)73-69-65-61-57-53-49-45-41-38-34-30-26-22-18-14-10-6-2/h21-22,25-26,33-34,37-38,44-45,48-49,56-57,60-61,81-83,88H,5-20,23-24,27-32,35-36,39-43,46-47,50-55,58-59,62-80H2,1-4H3,(H,93,94)(H,95,96)/b25-21-,26-22-,37-33-,38-34-,48-44-,49-45-,60-56-,61-57-/t81-,82-,83-/m1/s1. The number of esters is 4. The lowest BCUT2D eigenvalue weighted by Crippen LogP contribution is -2.30. The number of ether oxygens (including phenoxy) is 4. The van der Waals surface area contributed by atoms with E-state index in [2.05, 4.69) is 101 Å². The van der Waals surface area contributed by atoms with E-state index in [-0.39, 0.29) is 25.7 Å². The molecule has 3 N–H and O–H groups in total. The van der Waals surface area contributed by atoms with Crippen molar-refractivity contribution in [2.75, 3.05) is 39.6 Å². The van der Waals surface area contributed by atoms with Gasteiger partial charge in [0, 0.05) is 25.7 Å². The van der Waals surface area contributed by atoms with E-state index in [1.165, 1.54) is 186 Å². The van der Waals surface area contributed by atoms with Crippen LogP contribution in [0, 0.1) is 0 Å². The molecule has 17 nitrogen and oxygen atoms in total. The Morgan fingerprint density at radius 3 is 0.755 bits per heavy atom. The maximum atomic E-state index is 13.1. The highest BCUT2D eigenvalue weighted by Crippen LogP contribution is 2.45. The van der Waals surface area contributed by atoms with Gasteiger partial charge >= 0.3 is 39.5 Å². The molecule has 0 aromatic carbocycles. The SMILES string of the molecule is CCCCC/C=C\C/C=C\C/C=C\C/C=C\CCCC(=O)OC[C@H](COP(=O)(O)OC[C@H](O)COP(=O)(O)OC[C@@H](COC(=O)CCCCCCCCCCCCCCCCC)OC(=O)CCC/C=C\C/C=C\C/C=C\C/C=C\CCCCC)OC(=O)CCCCCCCCCCCCCCCCCCC. The number of rotatable bonds is 80. The smallest absolute Gasteiger partial charge is 0.462 e. The first-order chi connectivity index (χ1) is 51.7. The zero-order valence-electron chi connectivity index (χ0n) is 67.3. The van der Waals surface area contributed by atoms with Crippen LogP contribution in [-0.2, 0) is 65.4 Å². The second-order valence-electron chi connectivity index (χ2n) is 28.4. The fraction of sp³-hybridized carbons (Fsp3) is 0.770. The number of aliphatic hydroxyl groups excluding tert-OH is 1. The Bertz CT molecular complexity index is 2380. The van der Waals surface area contributed by atoms with Crippen molar-refractivity contribution >= 4 is 39.5 Å². The molecule has 0 aliphatic heterocycles. The van der Waals surface area contributed by atoms with Gasteiger partial charge in [-0.1, -0.05) is 343 Å². The van der Waals surface area contributed by atoms with Gasteiger partial charge in [0.2, 0.25) is 0 Å². The van der Waals surface area contributed by atoms with Gasteiger partial charge in [0.1, 0.15) is 19.3 Å². The number of hydrogen-bond donors (Lipinski definition) is 3. The van der Waals surface area contributed by atoms with E-state index in [9.17, 15) is 43.2 Å². The second-order valence-corrected chi connectivity index (χ2v) is 31.3. The molecule has 0 fully saturated rings. The van der Waals surface area contributed by atoms with Gasteiger partial charge in [-0.15, -0.1) is 0 Å². The molecule has 0 radical (unpaired) electrons. The lowest BCUT2D eigenvalue weighted by molar-refractivity contribution is -0.161. The van der Waals surface area contributed by atoms with Crippen LogP contribution in [0.15, 0.2) is 97.2 Å². The number of hydrogen-bond acceptors (Lipinski definition) is 15. The molecular weight excluding hydrogens is 1380 g/mol. The number of aliphatic hydroxyl groups is 1. The zero-order valence-corrected chi connectivity index (χ0v) is 69.1. The number of phosphoric acid groups is 2. The van der Waals surface area contributed by atoms with Gasteiger partial charge < -0.3 is 33.8 Å². The minimum Gasteiger partial charge on any atom is -0.462 e. The highest BCUT2D eigenvalue weighted by Gasteiger charge is 2.30. The molecule has 0 aliphatic rings. The van der Waals surface area contributed by atoms with Crippen molar-refractivity contribution in [3.8, 4) is 0 Å². The summed E-state index contributed by atoms with van der Waals surface area (Å²) in [6.45, 7) is 4.77. The van der Waals surface area contributed by atoms with Gasteiger partial charge in [0.05, 0.1) is 26.4 Å². The van der Waals surface area contributed by atoms with Crippen LogP contribution in [0.5, 0.6) is 0 Å². The predicted molar refractivity (Wildman–Crippen MR) is 436 cm³/mol. The molecule has 5 atom stereocenters. The molecule has 0 aromatic rings.